The van der Waals surface area contributed by atoms with E-state index in [1.165, 1.54) is 0 Å². The fourth-order valence-corrected chi connectivity index (χ4v) is 4.12. The van der Waals surface area contributed by atoms with Crippen molar-refractivity contribution in [1.29, 1.82) is 0 Å². The highest BCUT2D eigenvalue weighted by Crippen LogP contribution is 2.08. The van der Waals surface area contributed by atoms with Crippen molar-refractivity contribution in [1.82, 2.24) is 21.3 Å². The summed E-state index contributed by atoms with van der Waals surface area (Å²) < 4.78 is 1.17. The topological polar surface area (TPSA) is 116 Å². The molecule has 0 aromatic heterocycles. The third-order valence-electron chi connectivity index (χ3n) is 6.78. The Labute approximate surface area is 224 Å². The molecule has 204 valence electrons. The molecule has 1 aliphatic heterocycles. The molecule has 0 saturated heterocycles. The van der Waals surface area contributed by atoms with Crippen LogP contribution >= 0.6 is 0 Å². The first-order valence-electron chi connectivity index (χ1n) is 12.9. The number of carbonyl (C=O) groups is 4. The Morgan fingerprint density at radius 3 is 0.947 bits per heavy atom. The van der Waals surface area contributed by atoms with Gasteiger partial charge in [-0.05, 0) is 36.4 Å². The van der Waals surface area contributed by atoms with Gasteiger partial charge in [0.15, 0.2) is 0 Å². The molecule has 3 rings (SSSR count). The lowest BCUT2D eigenvalue weighted by Crippen LogP contribution is -2.49. The minimum atomic E-state index is -0.234. The zero-order valence-corrected chi connectivity index (χ0v) is 22.8. The summed E-state index contributed by atoms with van der Waals surface area (Å²) in [5.74, 6) is -0.937. The highest BCUT2D eigenvalue weighted by atomic mass is 16.2. The number of amides is 4. The lowest BCUT2D eigenvalue weighted by atomic mass is 10.1. The number of fused-ring (bicyclic) bond motifs is 4. The quantitative estimate of drug-likeness (QED) is 0.375. The third kappa shape index (κ3) is 8.67. The van der Waals surface area contributed by atoms with Gasteiger partial charge in [0.1, 0.15) is 0 Å². The van der Waals surface area contributed by atoms with E-state index in [-0.39, 0.29) is 23.6 Å². The van der Waals surface area contributed by atoms with Crippen molar-refractivity contribution in [2.75, 3.05) is 80.5 Å². The lowest BCUT2D eigenvalue weighted by Gasteiger charge is -2.30. The average molecular weight is 525 g/mol. The monoisotopic (exact) mass is 524 g/mol. The van der Waals surface area contributed by atoms with Crippen LogP contribution in [0.4, 0.5) is 0 Å². The Kier molecular flexibility index (Phi) is 9.60. The molecule has 2 aromatic carbocycles. The summed E-state index contributed by atoms with van der Waals surface area (Å²) in [6.45, 7) is 4.41. The Morgan fingerprint density at radius 2 is 0.711 bits per heavy atom. The molecule has 0 saturated carbocycles. The number of hydrogen-bond acceptors (Lipinski definition) is 4. The fraction of sp³-hybridized carbons (Fsp3) is 0.429. The smallest absolute Gasteiger partial charge is 0.251 e. The Balaban J connectivity index is 1.73. The summed E-state index contributed by atoms with van der Waals surface area (Å²) in [6.07, 6.45) is 0. The van der Waals surface area contributed by atoms with Gasteiger partial charge in [-0.15, -0.1) is 0 Å². The predicted molar refractivity (Wildman–Crippen MR) is 146 cm³/mol. The predicted octanol–water partition coefficient (Wildman–Crippen LogP) is 0.472. The van der Waals surface area contributed by atoms with E-state index in [1.807, 2.05) is 28.2 Å². The number of likely N-dealkylation sites (N-methyl/N-ethyl adjacent to an activating group) is 2. The number of carbonyl (C=O) groups excluding carboxylic acids is 4. The molecule has 0 fully saturated rings. The van der Waals surface area contributed by atoms with Gasteiger partial charge in [-0.1, -0.05) is 12.1 Å². The molecule has 1 heterocycles. The van der Waals surface area contributed by atoms with Crippen molar-refractivity contribution in [2.45, 2.75) is 0 Å². The van der Waals surface area contributed by atoms with Gasteiger partial charge in [-0.3, -0.25) is 19.2 Å². The molecule has 4 amide bonds. The number of nitrogens with one attached hydrogen (secondary N) is 4. The van der Waals surface area contributed by atoms with Crippen LogP contribution in [0.5, 0.6) is 0 Å². The second-order valence-electron chi connectivity index (χ2n) is 11.0. The van der Waals surface area contributed by atoms with Crippen LogP contribution in [0, 0.1) is 0 Å². The Morgan fingerprint density at radius 1 is 0.474 bits per heavy atom. The Hall–Kier alpha value is -3.76. The van der Waals surface area contributed by atoms with E-state index in [9.17, 15) is 19.2 Å². The fourth-order valence-electron chi connectivity index (χ4n) is 4.12. The van der Waals surface area contributed by atoms with Crippen LogP contribution in [0.3, 0.4) is 0 Å². The minimum Gasteiger partial charge on any atom is -0.346 e. The molecule has 0 atom stereocenters. The van der Waals surface area contributed by atoms with Crippen LogP contribution in [0.25, 0.3) is 0 Å². The van der Waals surface area contributed by atoms with Gasteiger partial charge in [0, 0.05) is 22.3 Å². The van der Waals surface area contributed by atoms with Crippen molar-refractivity contribution >= 4 is 23.6 Å². The van der Waals surface area contributed by atoms with Crippen LogP contribution in [-0.2, 0) is 0 Å². The van der Waals surface area contributed by atoms with Gasteiger partial charge in [0.25, 0.3) is 23.6 Å². The molecule has 0 aliphatic carbocycles. The first kappa shape index (κ1) is 28.8. The van der Waals surface area contributed by atoms with Crippen molar-refractivity contribution in [3.05, 3.63) is 70.8 Å². The van der Waals surface area contributed by atoms with Crippen molar-refractivity contribution in [2.24, 2.45) is 0 Å². The maximum Gasteiger partial charge on any atom is 0.251 e. The molecule has 0 radical (unpaired) electrons. The summed E-state index contributed by atoms with van der Waals surface area (Å²) in [7, 11) is 8.10. The maximum atomic E-state index is 12.7. The molecule has 2 aromatic rings. The molecular formula is C28H40N6O4+2. The van der Waals surface area contributed by atoms with Crippen LogP contribution in [0.15, 0.2) is 48.5 Å². The molecule has 0 spiro atoms. The molecule has 10 nitrogen and oxygen atoms in total. The summed E-state index contributed by atoms with van der Waals surface area (Å²) in [5.41, 5.74) is 1.72. The molecule has 10 heteroatoms. The van der Waals surface area contributed by atoms with E-state index < -0.39 is 0 Å². The first-order chi connectivity index (χ1) is 18.0. The van der Waals surface area contributed by atoms with E-state index in [4.69, 9.17) is 0 Å². The summed E-state index contributed by atoms with van der Waals surface area (Å²) in [4.78, 5) is 50.8. The number of benzene rings is 2. The summed E-state index contributed by atoms with van der Waals surface area (Å²) in [5, 5.41) is 11.7. The average Bonchev–Trinajstić information content (AvgIpc) is 2.87. The zero-order chi connectivity index (χ0) is 27.8. The van der Waals surface area contributed by atoms with E-state index in [0.717, 1.165) is 0 Å². The molecule has 38 heavy (non-hydrogen) atoms. The van der Waals surface area contributed by atoms with Gasteiger partial charge in [0.2, 0.25) is 0 Å². The van der Waals surface area contributed by atoms with E-state index >= 15 is 0 Å². The highest BCUT2D eigenvalue weighted by molar-refractivity contribution is 6.00. The zero-order valence-electron chi connectivity index (χ0n) is 22.8. The maximum absolute atomic E-state index is 12.7. The number of rotatable bonds is 0. The van der Waals surface area contributed by atoms with E-state index in [1.54, 1.807) is 48.5 Å². The first-order valence-corrected chi connectivity index (χ1v) is 12.9. The van der Waals surface area contributed by atoms with E-state index in [2.05, 4.69) is 21.3 Å². The van der Waals surface area contributed by atoms with Gasteiger partial charge in [0.05, 0.1) is 80.5 Å². The summed E-state index contributed by atoms with van der Waals surface area (Å²) in [6, 6.07) is 13.4. The van der Waals surface area contributed by atoms with Crippen LogP contribution in [-0.4, -0.2) is 113 Å². The van der Waals surface area contributed by atoms with Crippen LogP contribution in [0.1, 0.15) is 41.4 Å². The normalized spacial score (nSPS) is 19.7. The summed E-state index contributed by atoms with van der Waals surface area (Å²) >= 11 is 0. The van der Waals surface area contributed by atoms with E-state index in [0.29, 0.717) is 83.6 Å². The lowest BCUT2D eigenvalue weighted by molar-refractivity contribution is -0.887. The molecule has 0 unspecified atom stereocenters. The SMILES string of the molecule is C[N+]1(C)CCNC(=O)c2cccc(c2)C(=O)NCC[N+](C)(C)CCNC(=O)c2cccc(c2)C(=O)NCC1. The van der Waals surface area contributed by atoms with Gasteiger partial charge < -0.3 is 30.2 Å². The minimum absolute atomic E-state index is 0.234. The van der Waals surface area contributed by atoms with Crippen LogP contribution < -0.4 is 21.3 Å². The highest BCUT2D eigenvalue weighted by Gasteiger charge is 2.19. The van der Waals surface area contributed by atoms with Gasteiger partial charge in [-0.2, -0.15) is 0 Å². The van der Waals surface area contributed by atoms with Crippen molar-refractivity contribution < 1.29 is 28.1 Å². The van der Waals surface area contributed by atoms with Gasteiger partial charge in [-0.25, -0.2) is 0 Å². The standard InChI is InChI=1S/C28H38N6O4/c1-33(2)15-11-29-25(35)21-7-5-9-23(19-21)27(37)31-13-17-34(3,4)18-14-32-28(38)24-10-6-8-22(20-24)26(36)30-12-16-33/h5-10,19-20H,11-18H2,1-4H3,(H2-2,29,30,31,32,35,36,37,38)/p+2. The molecule has 4 bridgehead atoms. The third-order valence-corrected chi connectivity index (χ3v) is 6.78. The molecule has 4 N–H and O–H groups in total. The van der Waals surface area contributed by atoms with Crippen molar-refractivity contribution in [3.63, 3.8) is 0 Å². The van der Waals surface area contributed by atoms with Crippen molar-refractivity contribution in [3.8, 4) is 0 Å². The number of nitrogens with zero attached hydrogens (tertiary/aromatic N) is 2. The number of quaternary nitrogens is 2. The van der Waals surface area contributed by atoms with Crippen LogP contribution in [0.2, 0.25) is 0 Å². The second kappa shape index (κ2) is 12.7. The largest absolute Gasteiger partial charge is 0.346 e. The molecule has 1 aliphatic rings. The van der Waals surface area contributed by atoms with Gasteiger partial charge >= 0.3 is 0 Å². The Bertz CT molecular complexity index is 1010. The number of hydrogen-bond donors (Lipinski definition) is 4. The molecular weight excluding hydrogens is 484 g/mol. The second-order valence-corrected chi connectivity index (χ2v) is 11.0.